The van der Waals surface area contributed by atoms with E-state index in [2.05, 4.69) is 4.90 Å². The number of phenols is 1. The van der Waals surface area contributed by atoms with Crippen LogP contribution in [0.3, 0.4) is 0 Å². The van der Waals surface area contributed by atoms with Crippen LogP contribution in [0.5, 0.6) is 5.75 Å². The fourth-order valence-electron chi connectivity index (χ4n) is 3.30. The van der Waals surface area contributed by atoms with Gasteiger partial charge in [-0.1, -0.05) is 6.07 Å². The number of phenolic OH excluding ortho intramolecular Hbond substituents is 1. The summed E-state index contributed by atoms with van der Waals surface area (Å²) < 4.78 is 0. The van der Waals surface area contributed by atoms with E-state index < -0.39 is 0 Å². The average molecular weight is 232 g/mol. The Labute approximate surface area is 102 Å². The van der Waals surface area contributed by atoms with Crippen LogP contribution >= 0.6 is 0 Å². The van der Waals surface area contributed by atoms with E-state index in [1.165, 1.54) is 37.9 Å². The van der Waals surface area contributed by atoms with Gasteiger partial charge in [-0.2, -0.15) is 0 Å². The lowest BCUT2D eigenvalue weighted by Crippen LogP contribution is -2.49. The molecule has 3 fully saturated rings. The molecule has 3 aliphatic rings. The van der Waals surface area contributed by atoms with E-state index in [4.69, 9.17) is 5.73 Å². The van der Waals surface area contributed by atoms with Gasteiger partial charge in [-0.15, -0.1) is 0 Å². The molecule has 3 aliphatic heterocycles. The minimum atomic E-state index is 0.194. The first-order chi connectivity index (χ1) is 8.22. The predicted molar refractivity (Wildman–Crippen MR) is 68.9 cm³/mol. The molecule has 3 nitrogen and oxygen atoms in total. The standard InChI is InChI=1S/C14H20N2O/c15-13-9-11(1-2-14(13)17)8-12-7-10-3-5-16(12)6-4-10/h1-2,9-10,12,17H,3-8,15H2. The molecule has 3 N–H and O–H groups in total. The molecule has 0 radical (unpaired) electrons. The first kappa shape index (κ1) is 10.9. The Hall–Kier alpha value is -1.22. The van der Waals surface area contributed by atoms with Crippen molar-refractivity contribution >= 4 is 5.69 Å². The van der Waals surface area contributed by atoms with Crippen LogP contribution in [-0.2, 0) is 6.42 Å². The number of nitrogens with two attached hydrogens (primary N) is 1. The van der Waals surface area contributed by atoms with Crippen molar-refractivity contribution in [2.75, 3.05) is 18.8 Å². The minimum Gasteiger partial charge on any atom is -0.506 e. The maximum Gasteiger partial charge on any atom is 0.138 e. The molecule has 3 heterocycles. The maximum atomic E-state index is 9.42. The van der Waals surface area contributed by atoms with E-state index in [0.717, 1.165) is 12.3 Å². The smallest absolute Gasteiger partial charge is 0.138 e. The quantitative estimate of drug-likeness (QED) is 0.605. The zero-order valence-electron chi connectivity index (χ0n) is 10.1. The molecule has 3 heteroatoms. The van der Waals surface area contributed by atoms with E-state index in [9.17, 15) is 5.11 Å². The van der Waals surface area contributed by atoms with Gasteiger partial charge < -0.3 is 15.7 Å². The summed E-state index contributed by atoms with van der Waals surface area (Å²) in [5.41, 5.74) is 7.48. The summed E-state index contributed by atoms with van der Waals surface area (Å²) in [5, 5.41) is 9.42. The van der Waals surface area contributed by atoms with Crippen molar-refractivity contribution in [1.29, 1.82) is 0 Å². The molecule has 4 rings (SSSR count). The van der Waals surface area contributed by atoms with Crippen LogP contribution < -0.4 is 5.73 Å². The molecule has 1 atom stereocenters. The number of hydrogen-bond donors (Lipinski definition) is 2. The van der Waals surface area contributed by atoms with Gasteiger partial charge in [-0.3, -0.25) is 0 Å². The van der Waals surface area contributed by atoms with Gasteiger partial charge >= 0.3 is 0 Å². The van der Waals surface area contributed by atoms with Gasteiger partial charge in [0.05, 0.1) is 5.69 Å². The molecule has 0 aliphatic carbocycles. The largest absolute Gasteiger partial charge is 0.506 e. The Bertz CT molecular complexity index is 411. The summed E-state index contributed by atoms with van der Waals surface area (Å²) >= 11 is 0. The van der Waals surface area contributed by atoms with Crippen LogP contribution in [-0.4, -0.2) is 29.1 Å². The molecule has 3 saturated heterocycles. The van der Waals surface area contributed by atoms with Crippen molar-refractivity contribution in [2.45, 2.75) is 31.7 Å². The second-order valence-electron chi connectivity index (χ2n) is 5.47. The molecular formula is C14H20N2O. The normalized spacial score (nSPS) is 31.6. The van der Waals surface area contributed by atoms with Gasteiger partial charge in [0.2, 0.25) is 0 Å². The third-order valence-corrected chi connectivity index (χ3v) is 4.33. The molecule has 0 aromatic heterocycles. The third kappa shape index (κ3) is 2.12. The van der Waals surface area contributed by atoms with E-state index in [1.54, 1.807) is 6.07 Å². The number of aromatic hydroxyl groups is 1. The first-order valence-electron chi connectivity index (χ1n) is 6.54. The Morgan fingerprint density at radius 1 is 1.29 bits per heavy atom. The Kier molecular flexibility index (Phi) is 2.71. The summed E-state index contributed by atoms with van der Waals surface area (Å²) in [4.78, 5) is 2.61. The number of hydrogen-bond acceptors (Lipinski definition) is 3. The number of anilines is 1. The van der Waals surface area contributed by atoms with Crippen LogP contribution in [0.25, 0.3) is 0 Å². The van der Waals surface area contributed by atoms with Crippen molar-refractivity contribution in [2.24, 2.45) is 5.92 Å². The lowest BCUT2D eigenvalue weighted by Gasteiger charge is -2.45. The summed E-state index contributed by atoms with van der Waals surface area (Å²) in [6.07, 6.45) is 5.17. The zero-order chi connectivity index (χ0) is 11.8. The fraction of sp³-hybridized carbons (Fsp3) is 0.571. The average Bonchev–Trinajstić information content (AvgIpc) is 2.35. The van der Waals surface area contributed by atoms with Crippen molar-refractivity contribution in [3.8, 4) is 5.75 Å². The summed E-state index contributed by atoms with van der Waals surface area (Å²) in [7, 11) is 0. The molecule has 0 amide bonds. The lowest BCUT2D eigenvalue weighted by atomic mass is 9.81. The summed E-state index contributed by atoms with van der Waals surface area (Å²) in [5.74, 6) is 1.14. The maximum absolute atomic E-state index is 9.42. The highest BCUT2D eigenvalue weighted by Gasteiger charge is 2.33. The number of fused-ring (bicyclic) bond motifs is 3. The van der Waals surface area contributed by atoms with Crippen molar-refractivity contribution in [1.82, 2.24) is 4.90 Å². The molecule has 17 heavy (non-hydrogen) atoms. The number of nitrogens with zero attached hydrogens (tertiary/aromatic N) is 1. The molecule has 2 bridgehead atoms. The second kappa shape index (κ2) is 4.22. The molecule has 0 spiro atoms. The molecular weight excluding hydrogens is 212 g/mol. The third-order valence-electron chi connectivity index (χ3n) is 4.33. The van der Waals surface area contributed by atoms with Crippen molar-refractivity contribution < 1.29 is 5.11 Å². The number of piperidine rings is 3. The molecule has 1 unspecified atom stereocenters. The van der Waals surface area contributed by atoms with Gasteiger partial charge in [0.25, 0.3) is 0 Å². The number of nitrogen functional groups attached to an aromatic ring is 1. The molecule has 1 aromatic rings. The lowest BCUT2D eigenvalue weighted by molar-refractivity contribution is 0.0498. The number of benzene rings is 1. The molecule has 0 saturated carbocycles. The summed E-state index contributed by atoms with van der Waals surface area (Å²) in [6.45, 7) is 2.53. The van der Waals surface area contributed by atoms with Gasteiger partial charge in [0.15, 0.2) is 0 Å². The van der Waals surface area contributed by atoms with Crippen LogP contribution in [0, 0.1) is 5.92 Å². The van der Waals surface area contributed by atoms with Crippen LogP contribution in [0.1, 0.15) is 24.8 Å². The highest BCUT2D eigenvalue weighted by Crippen LogP contribution is 2.33. The van der Waals surface area contributed by atoms with Crippen LogP contribution in [0.4, 0.5) is 5.69 Å². The monoisotopic (exact) mass is 232 g/mol. The van der Waals surface area contributed by atoms with Gasteiger partial charge in [0, 0.05) is 6.04 Å². The zero-order valence-corrected chi connectivity index (χ0v) is 10.1. The predicted octanol–water partition coefficient (Wildman–Crippen LogP) is 2.00. The van der Waals surface area contributed by atoms with Gasteiger partial charge in [-0.05, 0) is 62.4 Å². The van der Waals surface area contributed by atoms with E-state index in [1.807, 2.05) is 12.1 Å². The van der Waals surface area contributed by atoms with Crippen molar-refractivity contribution in [3.63, 3.8) is 0 Å². The van der Waals surface area contributed by atoms with Gasteiger partial charge in [0.1, 0.15) is 5.75 Å². The fourth-order valence-corrected chi connectivity index (χ4v) is 3.30. The minimum absolute atomic E-state index is 0.194. The van der Waals surface area contributed by atoms with E-state index in [0.29, 0.717) is 11.7 Å². The topological polar surface area (TPSA) is 49.5 Å². The SMILES string of the molecule is Nc1cc(CC2CC3CCN2CC3)ccc1O. The van der Waals surface area contributed by atoms with Crippen LogP contribution in [0.15, 0.2) is 18.2 Å². The Morgan fingerprint density at radius 3 is 2.65 bits per heavy atom. The number of rotatable bonds is 2. The highest BCUT2D eigenvalue weighted by molar-refractivity contribution is 5.53. The van der Waals surface area contributed by atoms with Crippen LogP contribution in [0.2, 0.25) is 0 Å². The highest BCUT2D eigenvalue weighted by atomic mass is 16.3. The van der Waals surface area contributed by atoms with Crippen molar-refractivity contribution in [3.05, 3.63) is 23.8 Å². The van der Waals surface area contributed by atoms with E-state index >= 15 is 0 Å². The second-order valence-corrected chi connectivity index (χ2v) is 5.47. The Morgan fingerprint density at radius 2 is 2.06 bits per heavy atom. The molecule has 1 aromatic carbocycles. The van der Waals surface area contributed by atoms with E-state index in [-0.39, 0.29) is 5.75 Å². The Balaban J connectivity index is 1.72. The summed E-state index contributed by atoms with van der Waals surface area (Å²) in [6, 6.07) is 6.31. The first-order valence-corrected chi connectivity index (χ1v) is 6.54. The van der Waals surface area contributed by atoms with Gasteiger partial charge in [-0.25, -0.2) is 0 Å². The molecule has 92 valence electrons.